The van der Waals surface area contributed by atoms with E-state index in [9.17, 15) is 9.59 Å². The first-order valence-electron chi connectivity index (χ1n) is 8.84. The van der Waals surface area contributed by atoms with Crippen molar-refractivity contribution in [2.24, 2.45) is 0 Å². The normalized spacial score (nSPS) is 14.6. The molecule has 2 rings (SSSR count). The number of nitrogens with one attached hydrogen (secondary N) is 1. The van der Waals surface area contributed by atoms with E-state index in [4.69, 9.17) is 0 Å². The van der Waals surface area contributed by atoms with Gasteiger partial charge in [0.1, 0.15) is 0 Å². The Balaban J connectivity index is 2.07. The molecule has 1 aromatic rings. The van der Waals surface area contributed by atoms with E-state index in [-0.39, 0.29) is 30.9 Å². The molecular weight excluding hydrogens is 302 g/mol. The molecule has 1 saturated heterocycles. The number of carbonyl (C=O) groups is 2. The average molecular weight is 331 g/mol. The van der Waals surface area contributed by atoms with Crippen LogP contribution in [0.3, 0.4) is 0 Å². The maximum absolute atomic E-state index is 12.6. The highest BCUT2D eigenvalue weighted by Crippen LogP contribution is 2.16. The van der Waals surface area contributed by atoms with E-state index in [0.717, 1.165) is 37.2 Å². The number of aryl methyl sites for hydroxylation is 1. The topological polar surface area (TPSA) is 52.7 Å². The lowest BCUT2D eigenvalue weighted by molar-refractivity contribution is -0.130. The molecule has 1 N–H and O–H groups in total. The fraction of sp³-hybridized carbons (Fsp3) is 0.579. The number of rotatable bonds is 6. The number of likely N-dealkylation sites (tertiary alicyclic amines) is 1. The summed E-state index contributed by atoms with van der Waals surface area (Å²) in [5, 5.41) is 2.90. The zero-order valence-corrected chi connectivity index (χ0v) is 15.0. The lowest BCUT2D eigenvalue weighted by Crippen LogP contribution is -2.46. The molecule has 1 aliphatic heterocycles. The van der Waals surface area contributed by atoms with Gasteiger partial charge < -0.3 is 15.1 Å². The van der Waals surface area contributed by atoms with Crippen LogP contribution in [0.25, 0.3) is 0 Å². The summed E-state index contributed by atoms with van der Waals surface area (Å²) in [5.74, 6) is 0.0460. The van der Waals surface area contributed by atoms with Gasteiger partial charge in [0.05, 0.1) is 13.1 Å². The summed E-state index contributed by atoms with van der Waals surface area (Å²) in [6.07, 6.45) is 3.34. The predicted molar refractivity (Wildman–Crippen MR) is 97.1 cm³/mol. The lowest BCUT2D eigenvalue weighted by Gasteiger charge is -2.31. The second-order valence-corrected chi connectivity index (χ2v) is 6.86. The van der Waals surface area contributed by atoms with Gasteiger partial charge >= 0.3 is 0 Å². The van der Waals surface area contributed by atoms with Crippen molar-refractivity contribution in [1.82, 2.24) is 10.2 Å². The molecule has 1 heterocycles. The SMILES string of the molecule is Cc1ccc(N(CC(=O)NC(C)C)CC(=O)N2CCCCC2)cc1. The predicted octanol–water partition coefficient (Wildman–Crippen LogP) is 2.34. The van der Waals surface area contributed by atoms with E-state index in [2.05, 4.69) is 5.32 Å². The van der Waals surface area contributed by atoms with Crippen LogP contribution in [0.5, 0.6) is 0 Å². The number of nitrogens with zero attached hydrogens (tertiary/aromatic N) is 2. The number of piperidine rings is 1. The summed E-state index contributed by atoms with van der Waals surface area (Å²) in [6.45, 7) is 8.01. The van der Waals surface area contributed by atoms with E-state index < -0.39 is 0 Å². The zero-order chi connectivity index (χ0) is 17.5. The summed E-state index contributed by atoms with van der Waals surface area (Å²) in [6, 6.07) is 8.06. The monoisotopic (exact) mass is 331 g/mol. The van der Waals surface area contributed by atoms with Crippen molar-refractivity contribution in [3.63, 3.8) is 0 Å². The Morgan fingerprint density at radius 1 is 1.08 bits per heavy atom. The molecule has 0 unspecified atom stereocenters. The van der Waals surface area contributed by atoms with Gasteiger partial charge in [-0.25, -0.2) is 0 Å². The Kier molecular flexibility index (Phi) is 6.64. The zero-order valence-electron chi connectivity index (χ0n) is 15.0. The largest absolute Gasteiger partial charge is 0.353 e. The molecule has 132 valence electrons. The Labute approximate surface area is 145 Å². The first kappa shape index (κ1) is 18.3. The lowest BCUT2D eigenvalue weighted by atomic mass is 10.1. The molecule has 2 amide bonds. The van der Waals surface area contributed by atoms with Gasteiger partial charge in [-0.05, 0) is 52.2 Å². The quantitative estimate of drug-likeness (QED) is 0.870. The third-order valence-electron chi connectivity index (χ3n) is 4.22. The molecular formula is C19H29N3O2. The first-order chi connectivity index (χ1) is 11.5. The van der Waals surface area contributed by atoms with Crippen LogP contribution in [0.2, 0.25) is 0 Å². The van der Waals surface area contributed by atoms with Crippen molar-refractivity contribution >= 4 is 17.5 Å². The van der Waals surface area contributed by atoms with Crippen molar-refractivity contribution < 1.29 is 9.59 Å². The van der Waals surface area contributed by atoms with Gasteiger partial charge in [0.25, 0.3) is 0 Å². The standard InChI is InChI=1S/C19H29N3O2/c1-15(2)20-18(23)13-22(17-9-7-16(3)8-10-17)14-19(24)21-11-5-4-6-12-21/h7-10,15H,4-6,11-14H2,1-3H3,(H,20,23). The minimum absolute atomic E-state index is 0.0583. The van der Waals surface area contributed by atoms with Gasteiger partial charge in [0.15, 0.2) is 0 Å². The highest BCUT2D eigenvalue weighted by molar-refractivity contribution is 5.86. The average Bonchev–Trinajstić information content (AvgIpc) is 2.55. The molecule has 0 saturated carbocycles. The van der Waals surface area contributed by atoms with Gasteiger partial charge in [-0.2, -0.15) is 0 Å². The van der Waals surface area contributed by atoms with E-state index in [1.807, 2.05) is 54.8 Å². The van der Waals surface area contributed by atoms with Crippen molar-refractivity contribution in [1.29, 1.82) is 0 Å². The maximum Gasteiger partial charge on any atom is 0.242 e. The fourth-order valence-electron chi connectivity index (χ4n) is 2.94. The van der Waals surface area contributed by atoms with Crippen molar-refractivity contribution in [2.75, 3.05) is 31.1 Å². The number of benzene rings is 1. The fourth-order valence-corrected chi connectivity index (χ4v) is 2.94. The van der Waals surface area contributed by atoms with E-state index >= 15 is 0 Å². The summed E-state index contributed by atoms with van der Waals surface area (Å²) < 4.78 is 0. The van der Waals surface area contributed by atoms with E-state index in [0.29, 0.717) is 0 Å². The Morgan fingerprint density at radius 3 is 2.29 bits per heavy atom. The summed E-state index contributed by atoms with van der Waals surface area (Å²) in [7, 11) is 0. The summed E-state index contributed by atoms with van der Waals surface area (Å²) in [4.78, 5) is 28.6. The molecule has 0 atom stereocenters. The van der Waals surface area contributed by atoms with Crippen LogP contribution in [-0.2, 0) is 9.59 Å². The highest BCUT2D eigenvalue weighted by Gasteiger charge is 2.21. The summed E-state index contributed by atoms with van der Waals surface area (Å²) >= 11 is 0. The molecule has 5 nitrogen and oxygen atoms in total. The van der Waals surface area contributed by atoms with Gasteiger partial charge in [-0.15, -0.1) is 0 Å². The number of amides is 2. The molecule has 0 bridgehead atoms. The molecule has 5 heteroatoms. The van der Waals surface area contributed by atoms with E-state index in [1.165, 1.54) is 6.42 Å². The molecule has 1 fully saturated rings. The molecule has 1 aromatic carbocycles. The van der Waals surface area contributed by atoms with Crippen LogP contribution in [-0.4, -0.2) is 48.9 Å². The number of hydrogen-bond acceptors (Lipinski definition) is 3. The minimum Gasteiger partial charge on any atom is -0.353 e. The Hall–Kier alpha value is -2.04. The van der Waals surface area contributed by atoms with Crippen molar-refractivity contribution in [3.05, 3.63) is 29.8 Å². The van der Waals surface area contributed by atoms with Crippen molar-refractivity contribution in [2.45, 2.75) is 46.1 Å². The number of anilines is 1. The van der Waals surface area contributed by atoms with Gasteiger partial charge in [0, 0.05) is 24.8 Å². The van der Waals surface area contributed by atoms with Crippen LogP contribution >= 0.6 is 0 Å². The molecule has 0 spiro atoms. The second-order valence-electron chi connectivity index (χ2n) is 6.86. The Morgan fingerprint density at radius 2 is 1.71 bits per heavy atom. The molecule has 0 aromatic heterocycles. The van der Waals surface area contributed by atoms with Crippen molar-refractivity contribution in [3.8, 4) is 0 Å². The molecule has 1 aliphatic rings. The van der Waals surface area contributed by atoms with Gasteiger partial charge in [0.2, 0.25) is 11.8 Å². The smallest absolute Gasteiger partial charge is 0.242 e. The summed E-state index contributed by atoms with van der Waals surface area (Å²) in [5.41, 5.74) is 2.07. The second kappa shape index (κ2) is 8.71. The van der Waals surface area contributed by atoms with Crippen LogP contribution in [0.15, 0.2) is 24.3 Å². The van der Waals surface area contributed by atoms with E-state index in [1.54, 1.807) is 0 Å². The Bertz CT molecular complexity index is 548. The third kappa shape index (κ3) is 5.55. The van der Waals surface area contributed by atoms with Crippen LogP contribution in [0, 0.1) is 6.92 Å². The van der Waals surface area contributed by atoms with Gasteiger partial charge in [-0.3, -0.25) is 9.59 Å². The highest BCUT2D eigenvalue weighted by atomic mass is 16.2. The maximum atomic E-state index is 12.6. The van der Waals surface area contributed by atoms with Crippen LogP contribution in [0.4, 0.5) is 5.69 Å². The van der Waals surface area contributed by atoms with Crippen LogP contribution < -0.4 is 10.2 Å². The third-order valence-corrected chi connectivity index (χ3v) is 4.22. The van der Waals surface area contributed by atoms with Crippen LogP contribution in [0.1, 0.15) is 38.7 Å². The molecule has 24 heavy (non-hydrogen) atoms. The number of hydrogen-bond donors (Lipinski definition) is 1. The molecule has 0 aliphatic carbocycles. The minimum atomic E-state index is -0.0583. The number of carbonyl (C=O) groups excluding carboxylic acids is 2. The first-order valence-corrected chi connectivity index (χ1v) is 8.84. The van der Waals surface area contributed by atoms with Gasteiger partial charge in [-0.1, -0.05) is 17.7 Å². The molecule has 0 radical (unpaired) electrons.